The van der Waals surface area contributed by atoms with Gasteiger partial charge in [0.2, 0.25) is 5.91 Å². The molecule has 0 radical (unpaired) electrons. The number of benzene rings is 2. The van der Waals surface area contributed by atoms with E-state index in [4.69, 9.17) is 19.5 Å². The van der Waals surface area contributed by atoms with E-state index in [9.17, 15) is 9.59 Å². The molecule has 0 bridgehead atoms. The van der Waals surface area contributed by atoms with Crippen LogP contribution in [0.4, 0.5) is 5.69 Å². The molecule has 1 heterocycles. The molecule has 0 aromatic heterocycles. The van der Waals surface area contributed by atoms with Gasteiger partial charge >= 0.3 is 5.97 Å². The molecule has 0 spiro atoms. The van der Waals surface area contributed by atoms with E-state index in [1.165, 1.54) is 7.11 Å². The minimum absolute atomic E-state index is 0.0806. The Hall–Kier alpha value is -3.53. The topological polar surface area (TPSA) is 88.9 Å². The molecule has 2 unspecified atom stereocenters. The van der Waals surface area contributed by atoms with Crippen molar-refractivity contribution in [2.45, 2.75) is 25.8 Å². The minimum Gasteiger partial charge on any atom is -0.493 e. The molecule has 2 aromatic rings. The number of carbonyl (C=O) groups excluding carboxylic acids is 2. The fourth-order valence-electron chi connectivity index (χ4n) is 3.78. The van der Waals surface area contributed by atoms with Gasteiger partial charge in [-0.3, -0.25) is 9.59 Å². The Morgan fingerprint density at radius 1 is 1.13 bits per heavy atom. The number of aryl methyl sites for hydroxylation is 1. The van der Waals surface area contributed by atoms with Crippen LogP contribution in [0.2, 0.25) is 0 Å². The van der Waals surface area contributed by atoms with Gasteiger partial charge in [-0.25, -0.2) is 0 Å². The maximum Gasteiger partial charge on any atom is 0.312 e. The van der Waals surface area contributed by atoms with Gasteiger partial charge in [-0.05, 0) is 43.2 Å². The summed E-state index contributed by atoms with van der Waals surface area (Å²) in [4.78, 5) is 27.4. The van der Waals surface area contributed by atoms with E-state index in [1.54, 1.807) is 24.1 Å². The monoisotopic (exact) mass is 408 g/mol. The van der Waals surface area contributed by atoms with Crippen LogP contribution in [0.25, 0.3) is 0 Å². The lowest BCUT2D eigenvalue weighted by Gasteiger charge is -2.40. The third kappa shape index (κ3) is 4.23. The Kier molecular flexibility index (Phi) is 6.58. The number of carbonyl (C=O) groups is 2. The van der Waals surface area contributed by atoms with Gasteiger partial charge in [-0.2, -0.15) is 5.26 Å². The van der Waals surface area contributed by atoms with Gasteiger partial charge in [-0.1, -0.05) is 23.8 Å². The summed E-state index contributed by atoms with van der Waals surface area (Å²) < 4.78 is 15.9. The number of esters is 1. The van der Waals surface area contributed by atoms with Crippen molar-refractivity contribution in [3.05, 3.63) is 53.6 Å². The van der Waals surface area contributed by atoms with Gasteiger partial charge in [0, 0.05) is 12.1 Å². The molecule has 0 N–H and O–H groups in total. The maximum absolute atomic E-state index is 13.0. The Balaban J connectivity index is 2.11. The van der Waals surface area contributed by atoms with Crippen LogP contribution in [0.3, 0.4) is 0 Å². The normalized spacial score (nSPS) is 18.5. The molecule has 1 fully saturated rings. The Morgan fingerprint density at radius 2 is 1.83 bits per heavy atom. The molecule has 7 heteroatoms. The van der Waals surface area contributed by atoms with Crippen molar-refractivity contribution in [2.24, 2.45) is 5.92 Å². The summed E-state index contributed by atoms with van der Waals surface area (Å²) in [5.74, 6) is -0.144. The molecule has 1 aliphatic rings. The number of nitrogens with zero attached hydrogens (tertiary/aromatic N) is 2. The summed E-state index contributed by atoms with van der Waals surface area (Å²) in [7, 11) is 3.08. The van der Waals surface area contributed by atoms with Gasteiger partial charge in [-0.15, -0.1) is 0 Å². The lowest BCUT2D eigenvalue weighted by atomic mass is 9.83. The first-order valence-corrected chi connectivity index (χ1v) is 9.64. The summed E-state index contributed by atoms with van der Waals surface area (Å²) in [5.41, 5.74) is 2.49. The first kappa shape index (κ1) is 21.2. The predicted molar refractivity (Wildman–Crippen MR) is 110 cm³/mol. The highest BCUT2D eigenvalue weighted by Crippen LogP contribution is 2.42. The Morgan fingerprint density at radius 3 is 2.47 bits per heavy atom. The largest absolute Gasteiger partial charge is 0.493 e. The molecular weight excluding hydrogens is 384 g/mol. The molecule has 0 saturated carbocycles. The molecule has 0 aliphatic carbocycles. The van der Waals surface area contributed by atoms with Crippen LogP contribution < -0.4 is 14.4 Å². The Bertz CT molecular complexity index is 965. The number of hydrogen-bond donors (Lipinski definition) is 0. The van der Waals surface area contributed by atoms with Crippen molar-refractivity contribution in [1.82, 2.24) is 0 Å². The standard InChI is InChI=1S/C23H24N2O5/c1-15-4-7-17(8-5-15)25-21(26)11-9-18(23(27)30-13-12-24)22(25)16-6-10-19(28-2)20(14-16)29-3/h4-8,10,14,18,22H,9,11,13H2,1-3H3. The molecule has 3 rings (SSSR count). The zero-order valence-electron chi connectivity index (χ0n) is 17.3. The molecule has 30 heavy (non-hydrogen) atoms. The van der Waals surface area contributed by atoms with E-state index in [1.807, 2.05) is 43.3 Å². The molecule has 1 aliphatic heterocycles. The van der Waals surface area contributed by atoms with E-state index < -0.39 is 17.9 Å². The summed E-state index contributed by atoms with van der Waals surface area (Å²) in [6.07, 6.45) is 0.550. The predicted octanol–water partition coefficient (Wildman–Crippen LogP) is 3.56. The van der Waals surface area contributed by atoms with Gasteiger partial charge in [0.15, 0.2) is 18.1 Å². The van der Waals surface area contributed by atoms with Gasteiger partial charge < -0.3 is 19.1 Å². The Labute approximate surface area is 175 Å². The quantitative estimate of drug-likeness (QED) is 0.679. The average Bonchev–Trinajstić information content (AvgIpc) is 2.77. The van der Waals surface area contributed by atoms with Crippen LogP contribution >= 0.6 is 0 Å². The van der Waals surface area contributed by atoms with Crippen LogP contribution in [0.1, 0.15) is 30.0 Å². The van der Waals surface area contributed by atoms with E-state index in [0.717, 1.165) is 11.1 Å². The van der Waals surface area contributed by atoms with Crippen molar-refractivity contribution >= 4 is 17.6 Å². The van der Waals surface area contributed by atoms with Crippen molar-refractivity contribution in [2.75, 3.05) is 25.7 Å². The van der Waals surface area contributed by atoms with E-state index in [2.05, 4.69) is 0 Å². The molecule has 156 valence electrons. The van der Waals surface area contributed by atoms with Crippen molar-refractivity contribution in [3.63, 3.8) is 0 Å². The summed E-state index contributed by atoms with van der Waals surface area (Å²) >= 11 is 0. The smallest absolute Gasteiger partial charge is 0.312 e. The number of rotatable bonds is 6. The number of ether oxygens (including phenoxy) is 3. The summed E-state index contributed by atoms with van der Waals surface area (Å²) in [6.45, 7) is 1.64. The molecule has 2 atom stereocenters. The lowest BCUT2D eigenvalue weighted by molar-refractivity contribution is -0.149. The SMILES string of the molecule is COc1ccc(C2C(C(=O)OCC#N)CCC(=O)N2c2ccc(C)cc2)cc1OC. The molecule has 7 nitrogen and oxygen atoms in total. The fraction of sp³-hybridized carbons (Fsp3) is 0.348. The van der Waals surface area contributed by atoms with Crippen molar-refractivity contribution in [1.29, 1.82) is 5.26 Å². The summed E-state index contributed by atoms with van der Waals surface area (Å²) in [5, 5.41) is 8.80. The second-order valence-corrected chi connectivity index (χ2v) is 7.07. The van der Waals surface area contributed by atoms with Crippen LogP contribution in [0, 0.1) is 24.2 Å². The van der Waals surface area contributed by atoms with Crippen LogP contribution in [-0.4, -0.2) is 32.7 Å². The number of anilines is 1. The molecule has 1 saturated heterocycles. The lowest BCUT2D eigenvalue weighted by Crippen LogP contribution is -2.46. The highest BCUT2D eigenvalue weighted by Gasteiger charge is 2.42. The third-order valence-electron chi connectivity index (χ3n) is 5.24. The average molecular weight is 408 g/mol. The summed E-state index contributed by atoms with van der Waals surface area (Å²) in [6, 6.07) is 14.1. The zero-order chi connectivity index (χ0) is 21.7. The number of piperidine rings is 1. The maximum atomic E-state index is 13.0. The molecular formula is C23H24N2O5. The highest BCUT2D eigenvalue weighted by molar-refractivity contribution is 5.97. The van der Waals surface area contributed by atoms with E-state index in [0.29, 0.717) is 23.6 Å². The van der Waals surface area contributed by atoms with Gasteiger partial charge in [0.05, 0.1) is 26.2 Å². The minimum atomic E-state index is -0.615. The van der Waals surface area contributed by atoms with Crippen molar-refractivity contribution < 1.29 is 23.8 Å². The van der Waals surface area contributed by atoms with Crippen molar-refractivity contribution in [3.8, 4) is 17.6 Å². The number of amides is 1. The van der Waals surface area contributed by atoms with E-state index in [-0.39, 0.29) is 18.9 Å². The van der Waals surface area contributed by atoms with Crippen LogP contribution in [-0.2, 0) is 14.3 Å². The fourth-order valence-corrected chi connectivity index (χ4v) is 3.78. The van der Waals surface area contributed by atoms with Crippen LogP contribution in [0.15, 0.2) is 42.5 Å². The van der Waals surface area contributed by atoms with Gasteiger partial charge in [0.1, 0.15) is 6.07 Å². The van der Waals surface area contributed by atoms with Crippen LogP contribution in [0.5, 0.6) is 11.5 Å². The molecule has 2 aromatic carbocycles. The first-order valence-electron chi connectivity index (χ1n) is 9.64. The number of hydrogen-bond acceptors (Lipinski definition) is 6. The highest BCUT2D eigenvalue weighted by atomic mass is 16.5. The third-order valence-corrected chi connectivity index (χ3v) is 5.24. The second kappa shape index (κ2) is 9.31. The number of methoxy groups -OCH3 is 2. The van der Waals surface area contributed by atoms with Gasteiger partial charge in [0.25, 0.3) is 0 Å². The van der Waals surface area contributed by atoms with E-state index >= 15 is 0 Å². The first-order chi connectivity index (χ1) is 14.5. The zero-order valence-corrected chi connectivity index (χ0v) is 17.3. The molecule has 1 amide bonds. The second-order valence-electron chi connectivity index (χ2n) is 7.07. The number of nitriles is 1.